The lowest BCUT2D eigenvalue weighted by Crippen LogP contribution is -2.37. The Balaban J connectivity index is 2.80. The summed E-state index contributed by atoms with van der Waals surface area (Å²) < 4.78 is 0. The predicted molar refractivity (Wildman–Crippen MR) is 79.9 cm³/mol. The van der Waals surface area contributed by atoms with Crippen molar-refractivity contribution < 1.29 is 14.4 Å². The predicted octanol–water partition coefficient (Wildman–Crippen LogP) is -0.765. The molecule has 0 spiro atoms. The van der Waals surface area contributed by atoms with Gasteiger partial charge >= 0.3 is 5.91 Å². The van der Waals surface area contributed by atoms with E-state index in [0.29, 0.717) is 0 Å². The molecule has 0 fully saturated rings. The van der Waals surface area contributed by atoms with Crippen molar-refractivity contribution in [2.75, 3.05) is 11.5 Å². The number of aromatic nitrogens is 2. The Morgan fingerprint density at radius 3 is 2.41 bits per heavy atom. The second-order valence-corrected chi connectivity index (χ2v) is 4.54. The van der Waals surface area contributed by atoms with E-state index in [4.69, 9.17) is 28.8 Å². The first kappa shape index (κ1) is 17.3. The minimum atomic E-state index is -0.948. The van der Waals surface area contributed by atoms with Gasteiger partial charge in [-0.2, -0.15) is 4.99 Å². The fraction of sp³-hybridized carbons (Fsp3) is 0.273. The lowest BCUT2D eigenvalue weighted by Gasteiger charge is -2.05. The number of hydrogen-bond donors (Lipinski definition) is 4. The highest BCUT2D eigenvalue weighted by atomic mass is 35.5. The Hall–Kier alpha value is -2.75. The molecule has 1 heterocycles. The van der Waals surface area contributed by atoms with E-state index in [1.807, 2.05) is 0 Å². The number of nitrogens with zero attached hydrogens (tertiary/aromatic N) is 3. The number of aliphatic imine (C=N–C) groups is 1. The molecule has 1 rings (SSSR count). The number of carbonyl (C=O) groups excluding carboxylic acids is 3. The number of nitrogens with two attached hydrogens (primary N) is 3. The van der Waals surface area contributed by atoms with Crippen LogP contribution in [0.5, 0.6) is 0 Å². The fourth-order valence-corrected chi connectivity index (χ4v) is 1.41. The first-order chi connectivity index (χ1) is 10.2. The highest BCUT2D eigenvalue weighted by molar-refractivity contribution is 6.31. The topological polar surface area (TPSA) is 179 Å². The zero-order valence-electron chi connectivity index (χ0n) is 11.6. The molecule has 0 bridgehead atoms. The van der Waals surface area contributed by atoms with Crippen molar-refractivity contribution in [2.24, 2.45) is 10.7 Å². The number of anilines is 2. The molecule has 7 N–H and O–H groups in total. The van der Waals surface area contributed by atoms with E-state index in [0.717, 1.165) is 0 Å². The summed E-state index contributed by atoms with van der Waals surface area (Å²) in [6, 6.07) is 0. The van der Waals surface area contributed by atoms with E-state index in [2.05, 4.69) is 20.3 Å². The molecular weight excluding hydrogens is 314 g/mol. The van der Waals surface area contributed by atoms with Gasteiger partial charge in [0.05, 0.1) is 0 Å². The molecule has 10 nitrogen and oxygen atoms in total. The molecule has 0 saturated carbocycles. The van der Waals surface area contributed by atoms with Crippen molar-refractivity contribution in [1.82, 2.24) is 15.3 Å². The van der Waals surface area contributed by atoms with Gasteiger partial charge in [0, 0.05) is 12.8 Å². The zero-order chi connectivity index (χ0) is 16.9. The van der Waals surface area contributed by atoms with Crippen LogP contribution in [0, 0.1) is 0 Å². The SMILES string of the molecule is CC(=O)CCC(=O)NC(N)=NC(=O)c1nc(Cl)c(N)nc1N. The van der Waals surface area contributed by atoms with Gasteiger partial charge < -0.3 is 22.0 Å². The van der Waals surface area contributed by atoms with Crippen molar-refractivity contribution in [3.63, 3.8) is 0 Å². The normalized spacial score (nSPS) is 11.1. The molecule has 0 aliphatic carbocycles. The second-order valence-electron chi connectivity index (χ2n) is 4.19. The van der Waals surface area contributed by atoms with Crippen LogP contribution in [0.3, 0.4) is 0 Å². The maximum absolute atomic E-state index is 11.8. The first-order valence-electron chi connectivity index (χ1n) is 5.97. The van der Waals surface area contributed by atoms with Crippen LogP contribution in [0.4, 0.5) is 11.6 Å². The fourth-order valence-electron chi connectivity index (χ4n) is 1.28. The summed E-state index contributed by atoms with van der Waals surface area (Å²) in [4.78, 5) is 44.7. The van der Waals surface area contributed by atoms with Gasteiger partial charge in [-0.25, -0.2) is 9.97 Å². The number of carbonyl (C=O) groups is 3. The van der Waals surface area contributed by atoms with E-state index >= 15 is 0 Å². The van der Waals surface area contributed by atoms with Crippen molar-refractivity contribution >= 4 is 46.8 Å². The van der Waals surface area contributed by atoms with Gasteiger partial charge in [-0.05, 0) is 6.92 Å². The van der Waals surface area contributed by atoms with Crippen molar-refractivity contribution in [3.05, 3.63) is 10.8 Å². The summed E-state index contributed by atoms with van der Waals surface area (Å²) in [6.45, 7) is 1.35. The van der Waals surface area contributed by atoms with Gasteiger partial charge in [-0.1, -0.05) is 11.6 Å². The average Bonchev–Trinajstić information content (AvgIpc) is 2.40. The standard InChI is InChI=1S/C11H14ClN7O3/c1-4(20)2-3-5(21)16-11(15)19-10(22)6-8(13)18-9(14)7(12)17-6/h2-3H2,1H3,(H4,13,14,18)(H3,15,16,19,21,22). The Morgan fingerprint density at radius 2 is 1.82 bits per heavy atom. The highest BCUT2D eigenvalue weighted by Gasteiger charge is 2.16. The number of rotatable bonds is 4. The van der Waals surface area contributed by atoms with Crippen LogP contribution in [-0.4, -0.2) is 33.5 Å². The highest BCUT2D eigenvalue weighted by Crippen LogP contribution is 2.17. The van der Waals surface area contributed by atoms with Gasteiger partial charge in [0.1, 0.15) is 5.78 Å². The van der Waals surface area contributed by atoms with E-state index in [1.165, 1.54) is 6.92 Å². The molecule has 0 aliphatic heterocycles. The summed E-state index contributed by atoms with van der Waals surface area (Å²) in [5, 5.41) is 1.94. The summed E-state index contributed by atoms with van der Waals surface area (Å²) >= 11 is 5.63. The number of amides is 2. The molecule has 0 aromatic carbocycles. The summed E-state index contributed by atoms with van der Waals surface area (Å²) in [5.41, 5.74) is 15.9. The Kier molecular flexibility index (Phi) is 5.75. The quantitative estimate of drug-likeness (QED) is 0.411. The minimum Gasteiger partial charge on any atom is -0.382 e. The molecule has 1 aromatic rings. The van der Waals surface area contributed by atoms with E-state index < -0.39 is 17.8 Å². The molecule has 11 heteroatoms. The van der Waals surface area contributed by atoms with Crippen LogP contribution in [0.2, 0.25) is 5.15 Å². The zero-order valence-corrected chi connectivity index (χ0v) is 12.3. The Morgan fingerprint density at radius 1 is 1.18 bits per heavy atom. The number of ketones is 1. The number of nitrogens with one attached hydrogen (secondary N) is 1. The van der Waals surface area contributed by atoms with Gasteiger partial charge in [-0.15, -0.1) is 0 Å². The van der Waals surface area contributed by atoms with Gasteiger partial charge in [0.25, 0.3) is 0 Å². The number of hydrogen-bond acceptors (Lipinski definition) is 7. The Labute approximate surface area is 130 Å². The largest absolute Gasteiger partial charge is 0.382 e. The summed E-state index contributed by atoms with van der Waals surface area (Å²) in [7, 11) is 0. The van der Waals surface area contributed by atoms with Crippen LogP contribution in [0.25, 0.3) is 0 Å². The maximum Gasteiger partial charge on any atom is 0.302 e. The monoisotopic (exact) mass is 327 g/mol. The van der Waals surface area contributed by atoms with Crippen molar-refractivity contribution in [3.8, 4) is 0 Å². The van der Waals surface area contributed by atoms with Crippen LogP contribution in [0.1, 0.15) is 30.3 Å². The molecule has 0 radical (unpaired) electrons. The molecule has 0 saturated heterocycles. The van der Waals surface area contributed by atoms with E-state index in [-0.39, 0.29) is 41.1 Å². The summed E-state index contributed by atoms with van der Waals surface area (Å²) in [6.07, 6.45) is -0.0194. The third-order valence-electron chi connectivity index (χ3n) is 2.30. The van der Waals surface area contributed by atoms with Gasteiger partial charge in [0.2, 0.25) is 11.9 Å². The van der Waals surface area contributed by atoms with E-state index in [1.54, 1.807) is 0 Å². The molecule has 0 atom stereocenters. The third-order valence-corrected chi connectivity index (χ3v) is 2.58. The molecule has 2 amide bonds. The van der Waals surface area contributed by atoms with E-state index in [9.17, 15) is 14.4 Å². The molecule has 1 aromatic heterocycles. The van der Waals surface area contributed by atoms with Crippen LogP contribution in [0.15, 0.2) is 4.99 Å². The van der Waals surface area contributed by atoms with Gasteiger partial charge in [0.15, 0.2) is 22.5 Å². The minimum absolute atomic E-state index is 0.0546. The lowest BCUT2D eigenvalue weighted by atomic mass is 10.2. The van der Waals surface area contributed by atoms with Crippen molar-refractivity contribution in [1.29, 1.82) is 0 Å². The maximum atomic E-state index is 11.8. The third kappa shape index (κ3) is 4.98. The number of nitrogen functional groups attached to an aromatic ring is 2. The molecule has 118 valence electrons. The smallest absolute Gasteiger partial charge is 0.302 e. The van der Waals surface area contributed by atoms with Crippen molar-refractivity contribution in [2.45, 2.75) is 19.8 Å². The first-order valence-corrected chi connectivity index (χ1v) is 6.34. The number of Topliss-reactive ketones (excluding diaryl/α,β-unsaturated/α-hetero) is 1. The number of guanidine groups is 1. The molecular formula is C11H14ClN7O3. The van der Waals surface area contributed by atoms with Gasteiger partial charge in [-0.3, -0.25) is 14.9 Å². The number of halogens is 1. The van der Waals surface area contributed by atoms with Crippen LogP contribution < -0.4 is 22.5 Å². The molecule has 0 unspecified atom stereocenters. The molecule has 0 aliphatic rings. The average molecular weight is 328 g/mol. The lowest BCUT2D eigenvalue weighted by molar-refractivity contribution is -0.123. The Bertz CT molecular complexity index is 659. The molecule has 22 heavy (non-hydrogen) atoms. The van der Waals surface area contributed by atoms with Crippen LogP contribution >= 0.6 is 11.6 Å². The summed E-state index contributed by atoms with van der Waals surface area (Å²) in [5.74, 6) is -2.53. The second kappa shape index (κ2) is 7.31. The van der Waals surface area contributed by atoms with Crippen LogP contribution in [-0.2, 0) is 9.59 Å².